The molecule has 0 radical (unpaired) electrons. The highest BCUT2D eigenvalue weighted by atomic mass is 16.5. The van der Waals surface area contributed by atoms with Gasteiger partial charge in [0.1, 0.15) is 30.1 Å². The quantitative estimate of drug-likeness (QED) is 0.533. The van der Waals surface area contributed by atoms with Crippen LogP contribution < -0.4 is 20.3 Å². The Morgan fingerprint density at radius 1 is 1.12 bits per heavy atom. The Balaban J connectivity index is 1.57. The SMILES string of the molecule is CNCC(O)COc1cccc(-c2nc(NC3CCOCC3)cc(N3CCOCC3)n2)c1. The second-order valence-corrected chi connectivity index (χ2v) is 8.12. The second kappa shape index (κ2) is 11.4. The molecule has 2 saturated heterocycles. The maximum atomic E-state index is 9.92. The zero-order valence-corrected chi connectivity index (χ0v) is 18.6. The summed E-state index contributed by atoms with van der Waals surface area (Å²) < 4.78 is 16.8. The number of aromatic nitrogens is 2. The summed E-state index contributed by atoms with van der Waals surface area (Å²) in [6.45, 7) is 5.23. The number of ether oxygens (including phenoxy) is 3. The Morgan fingerprint density at radius 3 is 2.69 bits per heavy atom. The minimum Gasteiger partial charge on any atom is -0.491 e. The van der Waals surface area contributed by atoms with Crippen LogP contribution in [0, 0.1) is 0 Å². The zero-order chi connectivity index (χ0) is 22.2. The highest BCUT2D eigenvalue weighted by molar-refractivity contribution is 5.63. The number of hydrogen-bond donors (Lipinski definition) is 3. The van der Waals surface area contributed by atoms with Crippen LogP contribution in [0.5, 0.6) is 5.75 Å². The summed E-state index contributed by atoms with van der Waals surface area (Å²) in [5, 5.41) is 16.4. The molecule has 1 aromatic heterocycles. The normalized spacial score (nSPS) is 18.4. The number of likely N-dealkylation sites (N-methyl/N-ethyl adjacent to an activating group) is 1. The first-order valence-electron chi connectivity index (χ1n) is 11.3. The van der Waals surface area contributed by atoms with E-state index < -0.39 is 6.10 Å². The van der Waals surface area contributed by atoms with Gasteiger partial charge in [-0.15, -0.1) is 0 Å². The Kier molecular flexibility index (Phi) is 8.11. The molecular formula is C23H33N5O4. The third-order valence-corrected chi connectivity index (χ3v) is 5.60. The summed E-state index contributed by atoms with van der Waals surface area (Å²) in [6.07, 6.45) is 1.36. The molecule has 2 aliphatic heterocycles. The van der Waals surface area contributed by atoms with E-state index in [2.05, 4.69) is 15.5 Å². The Bertz CT molecular complexity index is 856. The van der Waals surface area contributed by atoms with Gasteiger partial charge in [0.05, 0.1) is 13.2 Å². The number of rotatable bonds is 9. The minimum atomic E-state index is -0.570. The Labute approximate surface area is 189 Å². The lowest BCUT2D eigenvalue weighted by atomic mass is 10.1. The smallest absolute Gasteiger partial charge is 0.163 e. The van der Waals surface area contributed by atoms with Crippen molar-refractivity contribution in [2.75, 3.05) is 69.9 Å². The van der Waals surface area contributed by atoms with Crippen molar-refractivity contribution < 1.29 is 19.3 Å². The van der Waals surface area contributed by atoms with Gasteiger partial charge in [0, 0.05) is 50.5 Å². The predicted octanol–water partition coefficient (Wildman–Crippen LogP) is 1.53. The van der Waals surface area contributed by atoms with Crippen LogP contribution in [0.25, 0.3) is 11.4 Å². The first kappa shape index (κ1) is 22.7. The van der Waals surface area contributed by atoms with Crippen LogP contribution in [0.2, 0.25) is 0 Å². The molecule has 2 aliphatic rings. The van der Waals surface area contributed by atoms with Gasteiger partial charge in [-0.2, -0.15) is 0 Å². The standard InChI is InChI=1S/C23H33N5O4/c1-24-15-19(29)16-32-20-4-2-3-17(13-20)23-26-21(25-18-5-9-30-10-6-18)14-22(27-23)28-7-11-31-12-8-28/h2-4,13-14,18-19,24,29H,5-12,15-16H2,1H3,(H,25,26,27). The zero-order valence-electron chi connectivity index (χ0n) is 18.6. The molecule has 3 heterocycles. The molecule has 0 amide bonds. The average Bonchev–Trinajstić information content (AvgIpc) is 2.84. The molecule has 174 valence electrons. The van der Waals surface area contributed by atoms with Crippen molar-refractivity contribution in [2.24, 2.45) is 0 Å². The average molecular weight is 444 g/mol. The molecular weight excluding hydrogens is 410 g/mol. The van der Waals surface area contributed by atoms with E-state index in [0.29, 0.717) is 37.4 Å². The number of benzene rings is 1. The van der Waals surface area contributed by atoms with Crippen molar-refractivity contribution in [3.8, 4) is 17.1 Å². The van der Waals surface area contributed by atoms with Crippen LogP contribution in [0.15, 0.2) is 30.3 Å². The van der Waals surface area contributed by atoms with E-state index >= 15 is 0 Å². The summed E-state index contributed by atoms with van der Waals surface area (Å²) in [6, 6.07) is 10.1. The maximum absolute atomic E-state index is 9.92. The van der Waals surface area contributed by atoms with Crippen LogP contribution in [0.1, 0.15) is 12.8 Å². The summed E-state index contributed by atoms with van der Waals surface area (Å²) in [5.74, 6) is 3.03. The van der Waals surface area contributed by atoms with Gasteiger partial charge in [-0.05, 0) is 32.0 Å². The van der Waals surface area contributed by atoms with Gasteiger partial charge in [-0.3, -0.25) is 0 Å². The lowest BCUT2D eigenvalue weighted by Gasteiger charge is -2.29. The van der Waals surface area contributed by atoms with E-state index in [0.717, 1.165) is 56.3 Å². The molecule has 9 heteroatoms. The maximum Gasteiger partial charge on any atom is 0.163 e. The highest BCUT2D eigenvalue weighted by Gasteiger charge is 2.19. The molecule has 0 aliphatic carbocycles. The van der Waals surface area contributed by atoms with E-state index in [1.54, 1.807) is 7.05 Å². The molecule has 1 aromatic carbocycles. The minimum absolute atomic E-state index is 0.218. The van der Waals surface area contributed by atoms with Crippen molar-refractivity contribution in [2.45, 2.75) is 25.0 Å². The second-order valence-electron chi connectivity index (χ2n) is 8.12. The van der Waals surface area contributed by atoms with Gasteiger partial charge in [-0.25, -0.2) is 9.97 Å². The van der Waals surface area contributed by atoms with Gasteiger partial charge in [0.15, 0.2) is 5.82 Å². The van der Waals surface area contributed by atoms with Gasteiger partial charge in [0.25, 0.3) is 0 Å². The first-order valence-corrected chi connectivity index (χ1v) is 11.3. The fourth-order valence-corrected chi connectivity index (χ4v) is 3.85. The van der Waals surface area contributed by atoms with E-state index in [1.165, 1.54) is 0 Å². The van der Waals surface area contributed by atoms with Crippen molar-refractivity contribution in [3.05, 3.63) is 30.3 Å². The molecule has 3 N–H and O–H groups in total. The number of nitrogens with one attached hydrogen (secondary N) is 2. The van der Waals surface area contributed by atoms with Crippen molar-refractivity contribution in [1.82, 2.24) is 15.3 Å². The molecule has 0 bridgehead atoms. The number of aliphatic hydroxyl groups is 1. The number of aliphatic hydroxyl groups excluding tert-OH is 1. The third-order valence-electron chi connectivity index (χ3n) is 5.60. The third kappa shape index (κ3) is 6.29. The molecule has 0 spiro atoms. The molecule has 2 aromatic rings. The molecule has 0 saturated carbocycles. The first-order chi connectivity index (χ1) is 15.7. The van der Waals surface area contributed by atoms with Crippen LogP contribution >= 0.6 is 0 Å². The molecule has 32 heavy (non-hydrogen) atoms. The molecule has 4 rings (SSSR count). The monoisotopic (exact) mass is 443 g/mol. The Morgan fingerprint density at radius 2 is 1.91 bits per heavy atom. The van der Waals surface area contributed by atoms with E-state index in [-0.39, 0.29) is 6.61 Å². The van der Waals surface area contributed by atoms with Gasteiger partial charge in [-0.1, -0.05) is 12.1 Å². The molecule has 2 fully saturated rings. The fraction of sp³-hybridized carbons (Fsp3) is 0.565. The summed E-state index contributed by atoms with van der Waals surface area (Å²) in [4.78, 5) is 11.9. The van der Waals surface area contributed by atoms with Crippen molar-refractivity contribution >= 4 is 11.6 Å². The van der Waals surface area contributed by atoms with Gasteiger partial charge < -0.3 is 34.9 Å². The van der Waals surface area contributed by atoms with Crippen molar-refractivity contribution in [1.29, 1.82) is 0 Å². The van der Waals surface area contributed by atoms with Gasteiger partial charge in [0.2, 0.25) is 0 Å². The topological polar surface area (TPSA) is 101 Å². The van der Waals surface area contributed by atoms with E-state index in [9.17, 15) is 5.11 Å². The predicted molar refractivity (Wildman–Crippen MR) is 123 cm³/mol. The summed E-state index contributed by atoms with van der Waals surface area (Å²) in [5.41, 5.74) is 0.871. The summed E-state index contributed by atoms with van der Waals surface area (Å²) >= 11 is 0. The number of anilines is 2. The van der Waals surface area contributed by atoms with Crippen molar-refractivity contribution in [3.63, 3.8) is 0 Å². The molecule has 1 unspecified atom stereocenters. The molecule has 1 atom stereocenters. The van der Waals surface area contributed by atoms with Crippen LogP contribution in [0.4, 0.5) is 11.6 Å². The van der Waals surface area contributed by atoms with Gasteiger partial charge >= 0.3 is 0 Å². The highest BCUT2D eigenvalue weighted by Crippen LogP contribution is 2.27. The summed E-state index contributed by atoms with van der Waals surface area (Å²) in [7, 11) is 1.80. The van der Waals surface area contributed by atoms with E-state index in [1.807, 2.05) is 30.3 Å². The van der Waals surface area contributed by atoms with Crippen LogP contribution in [-0.2, 0) is 9.47 Å². The number of morpholine rings is 1. The Hall–Kier alpha value is -2.46. The van der Waals surface area contributed by atoms with Crippen LogP contribution in [0.3, 0.4) is 0 Å². The lowest BCUT2D eigenvalue weighted by Crippen LogP contribution is -2.37. The van der Waals surface area contributed by atoms with Crippen LogP contribution in [-0.4, -0.2) is 86.9 Å². The molecule has 9 nitrogen and oxygen atoms in total. The fourth-order valence-electron chi connectivity index (χ4n) is 3.85. The number of hydrogen-bond acceptors (Lipinski definition) is 9. The largest absolute Gasteiger partial charge is 0.491 e. The lowest BCUT2D eigenvalue weighted by molar-refractivity contribution is 0.0904. The van der Waals surface area contributed by atoms with E-state index in [4.69, 9.17) is 24.2 Å². The number of nitrogens with zero attached hydrogens (tertiary/aromatic N) is 3.